The fraction of sp³-hybridized carbons (Fsp3) is 1.00. The van der Waals surface area contributed by atoms with Crippen LogP contribution in [0.5, 0.6) is 0 Å². The molecule has 1 N–H and O–H groups in total. The van der Waals surface area contributed by atoms with Crippen LogP contribution in [0.2, 0.25) is 0 Å². The highest BCUT2D eigenvalue weighted by Crippen LogP contribution is 2.55. The Morgan fingerprint density at radius 3 is 2.50 bits per heavy atom. The molecule has 0 amide bonds. The second-order valence-electron chi connectivity index (χ2n) is 4.73. The Morgan fingerprint density at radius 2 is 1.92 bits per heavy atom. The molecule has 2 rings (SSSR count). The minimum Gasteiger partial charge on any atom is -0.314 e. The zero-order chi connectivity index (χ0) is 8.55. The van der Waals surface area contributed by atoms with Gasteiger partial charge in [0.15, 0.2) is 0 Å². The summed E-state index contributed by atoms with van der Waals surface area (Å²) in [5.41, 5.74) is 0. The minimum atomic E-state index is 0.776. The molecule has 2 aliphatic carbocycles. The Balaban J connectivity index is 1.70. The van der Waals surface area contributed by atoms with E-state index in [-0.39, 0.29) is 0 Å². The molecule has 0 aromatic carbocycles. The lowest BCUT2D eigenvalue weighted by Gasteiger charge is -2.21. The zero-order valence-electron chi connectivity index (χ0n) is 8.34. The molecule has 2 fully saturated rings. The Kier molecular flexibility index (Phi) is 2.40. The van der Waals surface area contributed by atoms with Crippen LogP contribution in [0, 0.1) is 17.8 Å². The first kappa shape index (κ1) is 8.55. The average molecular weight is 167 g/mol. The zero-order valence-corrected chi connectivity index (χ0v) is 8.34. The number of nitrogens with one attached hydrogen (secondary N) is 1. The molecule has 2 saturated carbocycles. The van der Waals surface area contributed by atoms with E-state index in [4.69, 9.17) is 0 Å². The summed E-state index contributed by atoms with van der Waals surface area (Å²) in [6.07, 6.45) is 5.85. The Labute approximate surface area is 75.9 Å². The lowest BCUT2D eigenvalue weighted by atomic mass is 9.96. The SMILES string of the molecule is CCCNC(C)C1CC2CC2C1. The predicted octanol–water partition coefficient (Wildman–Crippen LogP) is 2.42. The molecule has 3 atom stereocenters. The van der Waals surface area contributed by atoms with Crippen LogP contribution in [0.3, 0.4) is 0 Å². The quantitative estimate of drug-likeness (QED) is 0.678. The smallest absolute Gasteiger partial charge is 0.00672 e. The molecule has 70 valence electrons. The number of hydrogen-bond acceptors (Lipinski definition) is 1. The summed E-state index contributed by atoms with van der Waals surface area (Å²) in [4.78, 5) is 0. The predicted molar refractivity (Wildman–Crippen MR) is 52.1 cm³/mol. The first-order valence-electron chi connectivity index (χ1n) is 5.54. The largest absolute Gasteiger partial charge is 0.314 e. The van der Waals surface area contributed by atoms with Gasteiger partial charge >= 0.3 is 0 Å². The first-order chi connectivity index (χ1) is 5.81. The fourth-order valence-electron chi connectivity index (χ4n) is 2.71. The summed E-state index contributed by atoms with van der Waals surface area (Å²) in [6, 6.07) is 0.776. The van der Waals surface area contributed by atoms with E-state index in [9.17, 15) is 0 Å². The van der Waals surface area contributed by atoms with Crippen molar-refractivity contribution < 1.29 is 0 Å². The topological polar surface area (TPSA) is 12.0 Å². The standard InChI is InChI=1S/C11H21N/c1-3-4-12-8(2)9-5-10-7-11(10)6-9/h8-12H,3-7H2,1-2H3. The van der Waals surface area contributed by atoms with Crippen LogP contribution in [-0.2, 0) is 0 Å². The molecule has 0 aromatic rings. The second kappa shape index (κ2) is 3.37. The summed E-state index contributed by atoms with van der Waals surface area (Å²) < 4.78 is 0. The van der Waals surface area contributed by atoms with Gasteiger partial charge in [0.1, 0.15) is 0 Å². The van der Waals surface area contributed by atoms with Crippen LogP contribution in [0.4, 0.5) is 0 Å². The van der Waals surface area contributed by atoms with Gasteiger partial charge in [-0.15, -0.1) is 0 Å². The first-order valence-corrected chi connectivity index (χ1v) is 5.54. The van der Waals surface area contributed by atoms with E-state index in [1.807, 2.05) is 0 Å². The molecule has 1 nitrogen and oxygen atoms in total. The second-order valence-corrected chi connectivity index (χ2v) is 4.73. The van der Waals surface area contributed by atoms with Crippen LogP contribution in [0.25, 0.3) is 0 Å². The van der Waals surface area contributed by atoms with Crippen molar-refractivity contribution >= 4 is 0 Å². The average Bonchev–Trinajstić information content (AvgIpc) is 2.69. The van der Waals surface area contributed by atoms with E-state index in [0.29, 0.717) is 0 Å². The van der Waals surface area contributed by atoms with Crippen molar-refractivity contribution in [2.75, 3.05) is 6.54 Å². The van der Waals surface area contributed by atoms with Gasteiger partial charge in [0.2, 0.25) is 0 Å². The molecule has 0 saturated heterocycles. The van der Waals surface area contributed by atoms with Crippen LogP contribution < -0.4 is 5.32 Å². The van der Waals surface area contributed by atoms with Crippen molar-refractivity contribution in [3.05, 3.63) is 0 Å². The number of hydrogen-bond donors (Lipinski definition) is 1. The van der Waals surface area contributed by atoms with Gasteiger partial charge in [0, 0.05) is 6.04 Å². The molecule has 1 heteroatoms. The maximum atomic E-state index is 3.62. The van der Waals surface area contributed by atoms with E-state index in [2.05, 4.69) is 19.2 Å². The minimum absolute atomic E-state index is 0.776. The van der Waals surface area contributed by atoms with Crippen LogP contribution in [0.15, 0.2) is 0 Å². The maximum Gasteiger partial charge on any atom is 0.00672 e. The highest BCUT2D eigenvalue weighted by atomic mass is 14.9. The molecule has 0 radical (unpaired) electrons. The van der Waals surface area contributed by atoms with E-state index in [1.54, 1.807) is 6.42 Å². The molecule has 0 spiro atoms. The third kappa shape index (κ3) is 1.66. The van der Waals surface area contributed by atoms with Gasteiger partial charge in [-0.3, -0.25) is 0 Å². The van der Waals surface area contributed by atoms with Crippen molar-refractivity contribution in [2.45, 2.75) is 45.6 Å². The molecule has 0 aromatic heterocycles. The van der Waals surface area contributed by atoms with Gasteiger partial charge in [-0.25, -0.2) is 0 Å². The third-order valence-electron chi connectivity index (χ3n) is 3.70. The van der Waals surface area contributed by atoms with E-state index in [0.717, 1.165) is 23.8 Å². The highest BCUT2D eigenvalue weighted by molar-refractivity contribution is 4.98. The van der Waals surface area contributed by atoms with E-state index < -0.39 is 0 Å². The van der Waals surface area contributed by atoms with Crippen LogP contribution in [0.1, 0.15) is 39.5 Å². The molecular weight excluding hydrogens is 146 g/mol. The summed E-state index contributed by atoms with van der Waals surface area (Å²) >= 11 is 0. The third-order valence-corrected chi connectivity index (χ3v) is 3.70. The lowest BCUT2D eigenvalue weighted by molar-refractivity contribution is 0.355. The van der Waals surface area contributed by atoms with Crippen molar-refractivity contribution in [1.29, 1.82) is 0 Å². The van der Waals surface area contributed by atoms with Crippen molar-refractivity contribution in [2.24, 2.45) is 17.8 Å². The number of fused-ring (bicyclic) bond motifs is 1. The van der Waals surface area contributed by atoms with Gasteiger partial charge in [0.05, 0.1) is 0 Å². The molecule has 12 heavy (non-hydrogen) atoms. The van der Waals surface area contributed by atoms with Gasteiger partial charge in [-0.2, -0.15) is 0 Å². The molecule has 0 heterocycles. The Hall–Kier alpha value is -0.0400. The summed E-state index contributed by atoms with van der Waals surface area (Å²) in [5.74, 6) is 3.28. The van der Waals surface area contributed by atoms with Crippen LogP contribution >= 0.6 is 0 Å². The van der Waals surface area contributed by atoms with Gasteiger partial charge in [-0.05, 0) is 56.9 Å². The highest BCUT2D eigenvalue weighted by Gasteiger charge is 2.46. The molecule has 2 aliphatic rings. The molecule has 3 unspecified atom stereocenters. The van der Waals surface area contributed by atoms with E-state index in [1.165, 1.54) is 25.8 Å². The molecule has 0 aliphatic heterocycles. The molecule has 0 bridgehead atoms. The number of rotatable bonds is 4. The monoisotopic (exact) mass is 167 g/mol. The maximum absolute atomic E-state index is 3.62. The summed E-state index contributed by atoms with van der Waals surface area (Å²) in [5, 5.41) is 3.62. The van der Waals surface area contributed by atoms with Gasteiger partial charge < -0.3 is 5.32 Å². The lowest BCUT2D eigenvalue weighted by Crippen LogP contribution is -2.33. The van der Waals surface area contributed by atoms with Crippen LogP contribution in [-0.4, -0.2) is 12.6 Å². The van der Waals surface area contributed by atoms with Crippen molar-refractivity contribution in [3.63, 3.8) is 0 Å². The summed E-state index contributed by atoms with van der Waals surface area (Å²) in [6.45, 7) is 5.81. The van der Waals surface area contributed by atoms with Crippen molar-refractivity contribution in [3.8, 4) is 0 Å². The van der Waals surface area contributed by atoms with Gasteiger partial charge in [-0.1, -0.05) is 6.92 Å². The normalized spacial score (nSPS) is 41.0. The fourth-order valence-corrected chi connectivity index (χ4v) is 2.71. The molecular formula is C11H21N. The van der Waals surface area contributed by atoms with Gasteiger partial charge in [0.25, 0.3) is 0 Å². The van der Waals surface area contributed by atoms with E-state index >= 15 is 0 Å². The Bertz CT molecular complexity index is 145. The Morgan fingerprint density at radius 1 is 1.25 bits per heavy atom. The van der Waals surface area contributed by atoms with Crippen molar-refractivity contribution in [1.82, 2.24) is 5.32 Å². The summed E-state index contributed by atoms with van der Waals surface area (Å²) in [7, 11) is 0.